The predicted octanol–water partition coefficient (Wildman–Crippen LogP) is 4.06. The van der Waals surface area contributed by atoms with Gasteiger partial charge in [0, 0.05) is 46.4 Å². The zero-order chi connectivity index (χ0) is 30.9. The molecule has 2 heterocycles. The Morgan fingerprint density at radius 3 is 2.19 bits per heavy atom. The van der Waals surface area contributed by atoms with Crippen LogP contribution < -0.4 is 23.5 Å². The molecule has 2 aromatic rings. The first-order valence-corrected chi connectivity index (χ1v) is 16.3. The van der Waals surface area contributed by atoms with E-state index in [4.69, 9.17) is 30.2 Å². The molecule has 42 heavy (non-hydrogen) atoms. The Hall–Kier alpha value is -2.45. The largest absolute Gasteiger partial charge is 0.367 e. The van der Waals surface area contributed by atoms with Crippen LogP contribution in [0.25, 0.3) is 0 Å². The van der Waals surface area contributed by atoms with E-state index in [2.05, 4.69) is 118 Å². The minimum Gasteiger partial charge on any atom is -0.367 e. The van der Waals surface area contributed by atoms with Crippen molar-refractivity contribution in [3.8, 4) is 0 Å². The summed E-state index contributed by atoms with van der Waals surface area (Å²) in [5.41, 5.74) is 9.64. The number of halogens is 2. The topological polar surface area (TPSA) is 98.5 Å². The number of nitrogens with zero attached hydrogens (tertiary/aromatic N) is 2. The molecule has 1 aliphatic carbocycles. The van der Waals surface area contributed by atoms with Gasteiger partial charge in [-0.05, 0) is 76.2 Å². The van der Waals surface area contributed by atoms with Gasteiger partial charge in [-0.2, -0.15) is 4.58 Å². The Morgan fingerprint density at radius 2 is 1.55 bits per heavy atom. The molecule has 0 N–H and O–H groups in total. The average Bonchev–Trinajstić information content (AvgIpc) is 3.29. The maximum absolute atomic E-state index is 8.49. The molecule has 2 aliphatic heterocycles. The number of hydrogen-bond acceptors (Lipinski definition) is 5. The Kier molecular flexibility index (Phi) is 9.78. The number of rotatable bonds is 6. The summed E-state index contributed by atoms with van der Waals surface area (Å²) in [6.07, 6.45) is 11.4. The summed E-state index contributed by atoms with van der Waals surface area (Å²) in [6, 6.07) is 18.2. The van der Waals surface area contributed by atoms with Gasteiger partial charge in [0.05, 0.1) is 5.41 Å². The van der Waals surface area contributed by atoms with Crippen LogP contribution in [0.4, 0.5) is 11.4 Å². The van der Waals surface area contributed by atoms with Crippen LogP contribution in [-0.4, -0.2) is 29.4 Å². The number of anilines is 1. The number of benzene rings is 2. The second-order valence-corrected chi connectivity index (χ2v) is 13.3. The predicted molar refractivity (Wildman–Crippen MR) is 160 cm³/mol. The Morgan fingerprint density at radius 1 is 0.929 bits per heavy atom. The Labute approximate surface area is 257 Å². The van der Waals surface area contributed by atoms with Gasteiger partial charge in [-0.15, -0.1) is 10.2 Å². The van der Waals surface area contributed by atoms with Crippen molar-refractivity contribution in [2.75, 3.05) is 18.0 Å². The Balaban J connectivity index is 0.000000748. The third-order valence-corrected chi connectivity index (χ3v) is 9.54. The van der Waals surface area contributed by atoms with Crippen molar-refractivity contribution >= 4 is 28.7 Å². The minimum absolute atomic E-state index is 0.0177. The maximum atomic E-state index is 8.49. The summed E-state index contributed by atoms with van der Waals surface area (Å²) < 4.78 is 36.4. The van der Waals surface area contributed by atoms with Crippen LogP contribution in [0.2, 0.25) is 0 Å². The van der Waals surface area contributed by atoms with Gasteiger partial charge in [0.2, 0.25) is 5.69 Å². The summed E-state index contributed by atoms with van der Waals surface area (Å²) >= 11 is 7.10. The van der Waals surface area contributed by atoms with E-state index in [9.17, 15) is 0 Å². The second-order valence-electron chi connectivity index (χ2n) is 12.2. The molecule has 8 heteroatoms. The number of hydrogen-bond donors (Lipinski definition) is 0. The summed E-state index contributed by atoms with van der Waals surface area (Å²) in [4.78, 5) is 2.59. The highest BCUT2D eigenvalue weighted by Crippen LogP contribution is 2.47. The second kappa shape index (κ2) is 12.7. The monoisotopic (exact) mass is 612 g/mol. The van der Waals surface area contributed by atoms with Gasteiger partial charge in [-0.3, -0.25) is 0 Å². The van der Waals surface area contributed by atoms with Gasteiger partial charge in [-0.1, -0.05) is 74.0 Å². The molecular weight excluding hydrogens is 571 g/mol. The lowest BCUT2D eigenvalue weighted by Crippen LogP contribution is -2.68. The molecule has 2 aromatic carbocycles. The molecule has 0 saturated heterocycles. The van der Waals surface area contributed by atoms with Gasteiger partial charge in [0.1, 0.15) is 6.54 Å². The smallest absolute Gasteiger partial charge is 0.209 e. The van der Waals surface area contributed by atoms with Gasteiger partial charge < -0.3 is 4.90 Å². The average molecular weight is 614 g/mol. The first kappa shape index (κ1) is 32.5. The molecule has 1 atom stereocenters. The van der Waals surface area contributed by atoms with Crippen molar-refractivity contribution in [1.82, 2.24) is 0 Å². The van der Waals surface area contributed by atoms with E-state index in [-0.39, 0.29) is 10.8 Å². The molecule has 0 fully saturated rings. The molecule has 0 radical (unpaired) electrons. The summed E-state index contributed by atoms with van der Waals surface area (Å²) in [5.74, 6) is 0. The fraction of sp³-hybridized carbons (Fsp3) is 0.441. The molecule has 0 aromatic heterocycles. The molecule has 0 spiro atoms. The number of likely N-dealkylation sites (N-methyl/N-ethyl adjacent to an activating group) is 1. The van der Waals surface area contributed by atoms with E-state index in [1.54, 1.807) is 0 Å². The molecule has 3 aliphatic rings. The number of para-hydroxylation sites is 2. The lowest BCUT2D eigenvalue weighted by molar-refractivity contribution is -2.00. The molecule has 0 amide bonds. The highest BCUT2D eigenvalue weighted by molar-refractivity contribution is 6.32. The van der Waals surface area contributed by atoms with Gasteiger partial charge >= 0.3 is 0 Å². The Bertz CT molecular complexity index is 1430. The number of allylic oxidation sites excluding steroid dienone is 5. The lowest BCUT2D eigenvalue weighted by Gasteiger charge is -2.33. The van der Waals surface area contributed by atoms with Gasteiger partial charge in [-0.25, -0.2) is 18.6 Å². The molecule has 0 saturated carbocycles. The molecule has 0 bridgehead atoms. The standard InChI is InChI=1S/C34H42ClN2.ClHO4/c1-7-36-28-18-11-9-16-26(28)33(3,4)30(36)22-20-24-14-13-15-25(32(24)35)21-23-31-34(5,6)27-17-10-12-19-29(27)37(31)8-2;2-1(3,4)5/h9-12,16-22,31H,7-8,13-15,23H2,1-6H3;(H,2,3,4,5)/q+1;/p-1. The van der Waals surface area contributed by atoms with Crippen molar-refractivity contribution < 1.29 is 33.5 Å². The molecule has 6 nitrogen and oxygen atoms in total. The van der Waals surface area contributed by atoms with E-state index in [0.717, 1.165) is 43.8 Å². The van der Waals surface area contributed by atoms with E-state index in [0.29, 0.717) is 6.04 Å². The van der Waals surface area contributed by atoms with Crippen LogP contribution in [-0.2, 0) is 10.8 Å². The quantitative estimate of drug-likeness (QED) is 0.458. The maximum Gasteiger partial charge on any atom is 0.209 e. The first-order valence-electron chi connectivity index (χ1n) is 14.7. The summed E-state index contributed by atoms with van der Waals surface area (Å²) in [5, 5.41) is 0.968. The van der Waals surface area contributed by atoms with Crippen LogP contribution in [0.1, 0.15) is 78.4 Å². The lowest BCUT2D eigenvalue weighted by atomic mass is 9.78. The van der Waals surface area contributed by atoms with Gasteiger partial charge in [0.15, 0.2) is 5.71 Å². The van der Waals surface area contributed by atoms with Crippen LogP contribution >= 0.6 is 11.6 Å². The summed E-state index contributed by atoms with van der Waals surface area (Å²) in [7, 11) is -4.94. The molecule has 226 valence electrons. The molecular formula is C34H42Cl2N2O4. The fourth-order valence-corrected chi connectivity index (χ4v) is 7.31. The van der Waals surface area contributed by atoms with Crippen molar-refractivity contribution in [1.29, 1.82) is 0 Å². The molecule has 1 unspecified atom stereocenters. The van der Waals surface area contributed by atoms with Crippen molar-refractivity contribution in [3.05, 3.63) is 94.1 Å². The third kappa shape index (κ3) is 6.54. The van der Waals surface area contributed by atoms with E-state index < -0.39 is 10.2 Å². The first-order chi connectivity index (χ1) is 19.7. The van der Waals surface area contributed by atoms with Gasteiger partial charge in [0.25, 0.3) is 0 Å². The highest BCUT2D eigenvalue weighted by atomic mass is 35.7. The molecule has 5 rings (SSSR count). The van der Waals surface area contributed by atoms with Crippen molar-refractivity contribution in [2.24, 2.45) is 0 Å². The van der Waals surface area contributed by atoms with Crippen LogP contribution in [0, 0.1) is 10.2 Å². The fourth-order valence-electron chi connectivity index (χ4n) is 6.98. The minimum atomic E-state index is -4.94. The van der Waals surface area contributed by atoms with Crippen LogP contribution in [0.5, 0.6) is 0 Å². The van der Waals surface area contributed by atoms with E-state index >= 15 is 0 Å². The normalized spacial score (nSPS) is 22.0. The van der Waals surface area contributed by atoms with Crippen molar-refractivity contribution in [3.63, 3.8) is 0 Å². The number of fused-ring (bicyclic) bond motifs is 2. The summed E-state index contributed by atoms with van der Waals surface area (Å²) in [6.45, 7) is 16.0. The van der Waals surface area contributed by atoms with E-state index in [1.165, 1.54) is 39.4 Å². The zero-order valence-corrected chi connectivity index (χ0v) is 27.0. The van der Waals surface area contributed by atoms with Crippen LogP contribution in [0.3, 0.4) is 0 Å². The van der Waals surface area contributed by atoms with Crippen molar-refractivity contribution in [2.45, 2.75) is 84.1 Å². The third-order valence-electron chi connectivity index (χ3n) is 9.06. The highest BCUT2D eigenvalue weighted by Gasteiger charge is 2.44. The zero-order valence-electron chi connectivity index (χ0n) is 25.5. The van der Waals surface area contributed by atoms with E-state index in [1.807, 2.05) is 0 Å². The van der Waals surface area contributed by atoms with Crippen LogP contribution in [0.15, 0.2) is 82.9 Å². The SMILES string of the molecule is CCN1c2ccccc2C(C)(C)C1CC=C1CCCC(C=CC2=[N+](CC)c3ccccc3C2(C)C)=C1Cl.[O-][Cl+3]([O-])([O-])[O-].